The molecule has 0 bridgehead atoms. The molecule has 9 heteroatoms. The van der Waals surface area contributed by atoms with Crippen LogP contribution in [0, 0.1) is 15.9 Å². The van der Waals surface area contributed by atoms with Gasteiger partial charge in [-0.2, -0.15) is 4.39 Å². The van der Waals surface area contributed by atoms with Gasteiger partial charge in [0.25, 0.3) is 0 Å². The first kappa shape index (κ1) is 15.7. The first-order chi connectivity index (χ1) is 11.5. The van der Waals surface area contributed by atoms with Crippen molar-refractivity contribution in [3.63, 3.8) is 0 Å². The number of anilines is 2. The summed E-state index contributed by atoms with van der Waals surface area (Å²) in [5.41, 5.74) is 5.99. The maximum Gasteiger partial charge on any atom is 0.314 e. The van der Waals surface area contributed by atoms with E-state index in [-0.39, 0.29) is 23.8 Å². The number of hydrogen-bond acceptors (Lipinski definition) is 6. The summed E-state index contributed by atoms with van der Waals surface area (Å²) >= 11 is 0. The molecule has 7 nitrogen and oxygen atoms in total. The summed E-state index contributed by atoms with van der Waals surface area (Å²) in [5.74, 6) is -0.860. The van der Waals surface area contributed by atoms with Crippen molar-refractivity contribution in [3.8, 4) is 11.1 Å². The molecule has 124 valence electrons. The molecular weight excluding hydrogens is 320 g/mol. The van der Waals surface area contributed by atoms with Gasteiger partial charge in [0.2, 0.25) is 5.82 Å². The molecule has 0 saturated carbocycles. The maximum atomic E-state index is 14.0. The minimum Gasteiger partial charge on any atom is -0.399 e. The van der Waals surface area contributed by atoms with E-state index in [1.165, 1.54) is 12.1 Å². The average molecular weight is 333 g/mol. The van der Waals surface area contributed by atoms with E-state index in [0.717, 1.165) is 6.07 Å². The number of nitrogen functional groups attached to an aromatic ring is 1. The van der Waals surface area contributed by atoms with E-state index < -0.39 is 22.7 Å². The van der Waals surface area contributed by atoms with Crippen molar-refractivity contribution in [2.24, 2.45) is 4.99 Å². The summed E-state index contributed by atoms with van der Waals surface area (Å²) in [6.07, 6.45) is -1.33. The van der Waals surface area contributed by atoms with E-state index in [2.05, 4.69) is 15.6 Å². The van der Waals surface area contributed by atoms with Gasteiger partial charge in [-0.15, -0.1) is 0 Å². The molecule has 2 aromatic rings. The second-order valence-electron chi connectivity index (χ2n) is 5.13. The number of nitrogens with zero attached hydrogens (tertiary/aromatic N) is 2. The van der Waals surface area contributed by atoms with Crippen LogP contribution < -0.4 is 16.4 Å². The molecule has 24 heavy (non-hydrogen) atoms. The van der Waals surface area contributed by atoms with Crippen LogP contribution in [-0.2, 0) is 0 Å². The molecule has 1 heterocycles. The van der Waals surface area contributed by atoms with Crippen LogP contribution in [0.5, 0.6) is 0 Å². The van der Waals surface area contributed by atoms with E-state index in [1.54, 1.807) is 18.2 Å². The van der Waals surface area contributed by atoms with Gasteiger partial charge in [0, 0.05) is 5.69 Å². The van der Waals surface area contributed by atoms with Crippen molar-refractivity contribution in [1.29, 1.82) is 0 Å². The molecular formula is C15H13F2N5O2. The maximum absolute atomic E-state index is 14.0. The molecule has 0 saturated heterocycles. The van der Waals surface area contributed by atoms with Crippen LogP contribution in [0.15, 0.2) is 41.4 Å². The van der Waals surface area contributed by atoms with Crippen LogP contribution >= 0.6 is 0 Å². The number of rotatable bonds is 3. The normalized spacial score (nSPS) is 16.4. The minimum absolute atomic E-state index is 0.0131. The Morgan fingerprint density at radius 2 is 2.17 bits per heavy atom. The summed E-state index contributed by atoms with van der Waals surface area (Å²) < 4.78 is 27.2. The van der Waals surface area contributed by atoms with E-state index in [0.29, 0.717) is 11.3 Å². The van der Waals surface area contributed by atoms with Gasteiger partial charge in [0.05, 0.1) is 22.7 Å². The highest BCUT2D eigenvalue weighted by Gasteiger charge is 2.26. The van der Waals surface area contributed by atoms with Gasteiger partial charge in [0.1, 0.15) is 0 Å². The SMILES string of the molecule is Nc1cccc(-c2c(NC3=NCC(F)N3)ccc(F)c2[N+](=O)[O-])c1. The summed E-state index contributed by atoms with van der Waals surface area (Å²) in [6, 6.07) is 8.58. The zero-order valence-electron chi connectivity index (χ0n) is 12.3. The van der Waals surface area contributed by atoms with Gasteiger partial charge in [-0.05, 0) is 29.8 Å². The quantitative estimate of drug-likeness (QED) is 0.346. The molecule has 0 spiro atoms. The second kappa shape index (κ2) is 6.11. The third-order valence-electron chi connectivity index (χ3n) is 3.44. The zero-order chi connectivity index (χ0) is 17.3. The lowest BCUT2D eigenvalue weighted by Crippen LogP contribution is -2.31. The van der Waals surface area contributed by atoms with Crippen molar-refractivity contribution in [2.45, 2.75) is 6.30 Å². The van der Waals surface area contributed by atoms with Gasteiger partial charge in [0.15, 0.2) is 12.3 Å². The van der Waals surface area contributed by atoms with Gasteiger partial charge >= 0.3 is 5.69 Å². The molecule has 1 atom stereocenters. The monoisotopic (exact) mass is 333 g/mol. The van der Waals surface area contributed by atoms with Gasteiger partial charge < -0.3 is 16.4 Å². The highest BCUT2D eigenvalue weighted by atomic mass is 19.1. The lowest BCUT2D eigenvalue weighted by Gasteiger charge is -2.14. The van der Waals surface area contributed by atoms with Crippen molar-refractivity contribution in [2.75, 3.05) is 17.6 Å². The van der Waals surface area contributed by atoms with Crippen molar-refractivity contribution in [1.82, 2.24) is 5.32 Å². The standard InChI is InChI=1S/C15H13F2N5O2/c16-10-4-5-11(20-15-19-7-12(17)21-15)13(14(10)22(23)24)8-2-1-3-9(18)6-8/h1-6,12H,7,18H2,(H2,19,20,21). The molecule has 4 N–H and O–H groups in total. The van der Waals surface area contributed by atoms with Gasteiger partial charge in [-0.1, -0.05) is 12.1 Å². The molecule has 0 aromatic heterocycles. The summed E-state index contributed by atoms with van der Waals surface area (Å²) in [4.78, 5) is 14.4. The molecule has 1 unspecified atom stereocenters. The van der Waals surface area contributed by atoms with Crippen LogP contribution in [0.2, 0.25) is 0 Å². The number of nitrogens with one attached hydrogen (secondary N) is 2. The molecule has 1 aliphatic heterocycles. The average Bonchev–Trinajstić information content (AvgIpc) is 2.93. The van der Waals surface area contributed by atoms with Crippen LogP contribution in [-0.4, -0.2) is 23.7 Å². The Kier molecular flexibility index (Phi) is 3.98. The Labute approximate surface area is 135 Å². The van der Waals surface area contributed by atoms with E-state index >= 15 is 0 Å². The van der Waals surface area contributed by atoms with Crippen LogP contribution in [0.3, 0.4) is 0 Å². The number of alkyl halides is 1. The Balaban J connectivity index is 2.15. The topological polar surface area (TPSA) is 106 Å². The molecule has 0 amide bonds. The lowest BCUT2D eigenvalue weighted by molar-refractivity contribution is -0.386. The Morgan fingerprint density at radius 3 is 2.79 bits per heavy atom. The number of hydrogen-bond donors (Lipinski definition) is 3. The van der Waals surface area contributed by atoms with E-state index in [4.69, 9.17) is 5.73 Å². The molecule has 0 radical (unpaired) electrons. The smallest absolute Gasteiger partial charge is 0.314 e. The van der Waals surface area contributed by atoms with Crippen LogP contribution in [0.1, 0.15) is 0 Å². The molecule has 2 aromatic carbocycles. The fourth-order valence-corrected chi connectivity index (χ4v) is 2.45. The van der Waals surface area contributed by atoms with Crippen molar-refractivity contribution < 1.29 is 13.7 Å². The van der Waals surface area contributed by atoms with Crippen molar-refractivity contribution >= 4 is 23.0 Å². The number of benzene rings is 2. The number of guanidine groups is 1. The molecule has 1 aliphatic rings. The summed E-state index contributed by atoms with van der Waals surface area (Å²) in [5, 5.41) is 16.5. The third kappa shape index (κ3) is 2.96. The van der Waals surface area contributed by atoms with Crippen molar-refractivity contribution in [3.05, 3.63) is 52.3 Å². The second-order valence-corrected chi connectivity index (χ2v) is 5.13. The highest BCUT2D eigenvalue weighted by molar-refractivity contribution is 6.00. The number of nitro groups is 1. The fraction of sp³-hybridized carbons (Fsp3) is 0.133. The minimum atomic E-state index is -1.33. The van der Waals surface area contributed by atoms with Crippen LogP contribution in [0.25, 0.3) is 11.1 Å². The van der Waals surface area contributed by atoms with E-state index in [9.17, 15) is 18.9 Å². The highest BCUT2D eigenvalue weighted by Crippen LogP contribution is 2.39. The zero-order valence-corrected chi connectivity index (χ0v) is 12.3. The summed E-state index contributed by atoms with van der Waals surface area (Å²) in [6.45, 7) is -0.0702. The number of halogens is 2. The molecule has 0 aliphatic carbocycles. The van der Waals surface area contributed by atoms with Gasteiger partial charge in [-0.3, -0.25) is 10.1 Å². The van der Waals surface area contributed by atoms with Crippen LogP contribution in [0.4, 0.5) is 25.8 Å². The Hall–Kier alpha value is -3.23. The number of aliphatic imine (C=N–C) groups is 1. The molecule has 0 fully saturated rings. The predicted octanol–water partition coefficient (Wildman–Crippen LogP) is 2.65. The Bertz CT molecular complexity index is 841. The van der Waals surface area contributed by atoms with E-state index in [1.807, 2.05) is 0 Å². The lowest BCUT2D eigenvalue weighted by atomic mass is 10.0. The summed E-state index contributed by atoms with van der Waals surface area (Å²) in [7, 11) is 0. The Morgan fingerprint density at radius 1 is 1.38 bits per heavy atom. The third-order valence-corrected chi connectivity index (χ3v) is 3.44. The number of nitro benzene ring substituents is 1. The number of nitrogens with two attached hydrogens (primary N) is 1. The first-order valence-electron chi connectivity index (χ1n) is 7.00. The predicted molar refractivity (Wildman–Crippen MR) is 86.9 cm³/mol. The molecule has 3 rings (SSSR count). The largest absolute Gasteiger partial charge is 0.399 e. The van der Waals surface area contributed by atoms with Gasteiger partial charge in [-0.25, -0.2) is 9.38 Å². The fourth-order valence-electron chi connectivity index (χ4n) is 2.45. The first-order valence-corrected chi connectivity index (χ1v) is 7.00.